The number of anilines is 1. The van der Waals surface area contributed by atoms with Gasteiger partial charge < -0.3 is 24.3 Å². The molecule has 1 N–H and O–H groups in total. The third kappa shape index (κ3) is 4.28. The summed E-state index contributed by atoms with van der Waals surface area (Å²) in [5.74, 6) is 0.791. The summed E-state index contributed by atoms with van der Waals surface area (Å²) in [5, 5.41) is 2.58. The first-order chi connectivity index (χ1) is 11.9. The second-order valence-electron chi connectivity index (χ2n) is 5.15. The van der Waals surface area contributed by atoms with Crippen molar-refractivity contribution in [1.82, 2.24) is 0 Å². The van der Waals surface area contributed by atoms with Gasteiger partial charge in [-0.05, 0) is 36.4 Å². The van der Waals surface area contributed by atoms with E-state index >= 15 is 0 Å². The third-order valence-electron chi connectivity index (χ3n) is 3.34. The van der Waals surface area contributed by atoms with Crippen LogP contribution < -0.4 is 24.3 Å². The van der Waals surface area contributed by atoms with Crippen LogP contribution in [0.3, 0.4) is 0 Å². The van der Waals surface area contributed by atoms with E-state index in [1.54, 1.807) is 31.4 Å². The highest BCUT2D eigenvalue weighted by Crippen LogP contribution is 2.42. The first-order valence-corrected chi connectivity index (χ1v) is 7.42. The minimum Gasteiger partial charge on any atom is -0.497 e. The van der Waals surface area contributed by atoms with Crippen molar-refractivity contribution in [3.8, 4) is 23.0 Å². The summed E-state index contributed by atoms with van der Waals surface area (Å²) < 4.78 is 45.0. The standard InChI is InChI=1S/C17H15F2NO5/c1-22-12-3-5-13(6-4-12)23-9-8-16(21)20-11-2-7-14-15(10-11)25-17(18,19)24-14/h2-7,10H,8-9H2,1H3,(H,20,21). The molecule has 1 aliphatic heterocycles. The normalized spacial score (nSPS) is 14.0. The number of nitrogens with one attached hydrogen (secondary N) is 1. The largest absolute Gasteiger partial charge is 0.586 e. The lowest BCUT2D eigenvalue weighted by Gasteiger charge is -2.08. The Morgan fingerprint density at radius 1 is 1.08 bits per heavy atom. The van der Waals surface area contributed by atoms with Gasteiger partial charge in [0.1, 0.15) is 11.5 Å². The smallest absolute Gasteiger partial charge is 0.497 e. The van der Waals surface area contributed by atoms with Crippen LogP contribution in [0.1, 0.15) is 6.42 Å². The van der Waals surface area contributed by atoms with Crippen LogP contribution in [0, 0.1) is 0 Å². The molecule has 0 aliphatic carbocycles. The monoisotopic (exact) mass is 351 g/mol. The molecule has 0 spiro atoms. The number of rotatable bonds is 6. The van der Waals surface area contributed by atoms with Gasteiger partial charge in [-0.1, -0.05) is 0 Å². The summed E-state index contributed by atoms with van der Waals surface area (Å²) >= 11 is 0. The Labute approximate surface area is 142 Å². The molecule has 1 aliphatic rings. The molecule has 3 rings (SSSR count). The second kappa shape index (κ2) is 6.84. The number of alkyl halides is 2. The molecule has 0 saturated carbocycles. The number of carbonyl (C=O) groups is 1. The van der Waals surface area contributed by atoms with Crippen molar-refractivity contribution < 1.29 is 32.5 Å². The molecule has 0 bridgehead atoms. The van der Waals surface area contributed by atoms with Crippen molar-refractivity contribution >= 4 is 11.6 Å². The van der Waals surface area contributed by atoms with Crippen LogP contribution in [0.4, 0.5) is 14.5 Å². The molecule has 0 atom stereocenters. The molecular weight excluding hydrogens is 336 g/mol. The first-order valence-electron chi connectivity index (χ1n) is 7.42. The van der Waals surface area contributed by atoms with Crippen molar-refractivity contribution in [3.63, 3.8) is 0 Å². The van der Waals surface area contributed by atoms with Crippen LogP contribution in [0.15, 0.2) is 42.5 Å². The Kier molecular flexibility index (Phi) is 4.60. The van der Waals surface area contributed by atoms with Crippen LogP contribution in [-0.2, 0) is 4.79 Å². The van der Waals surface area contributed by atoms with Gasteiger partial charge in [0.2, 0.25) is 5.91 Å². The van der Waals surface area contributed by atoms with Crippen LogP contribution in [0.5, 0.6) is 23.0 Å². The summed E-state index contributed by atoms with van der Waals surface area (Å²) in [5.41, 5.74) is 0.328. The highest BCUT2D eigenvalue weighted by atomic mass is 19.3. The number of amides is 1. The Balaban J connectivity index is 1.48. The molecule has 8 heteroatoms. The van der Waals surface area contributed by atoms with Gasteiger partial charge in [-0.15, -0.1) is 8.78 Å². The Morgan fingerprint density at radius 3 is 2.48 bits per heavy atom. The van der Waals surface area contributed by atoms with Gasteiger partial charge in [-0.2, -0.15) is 0 Å². The van der Waals surface area contributed by atoms with Crippen molar-refractivity contribution in [2.24, 2.45) is 0 Å². The van der Waals surface area contributed by atoms with Gasteiger partial charge in [0.05, 0.1) is 20.1 Å². The predicted molar refractivity (Wildman–Crippen MR) is 84.4 cm³/mol. The number of methoxy groups -OCH3 is 1. The molecule has 2 aromatic carbocycles. The number of hydrogen-bond donors (Lipinski definition) is 1. The fraction of sp³-hybridized carbons (Fsp3) is 0.235. The number of benzene rings is 2. The number of hydrogen-bond acceptors (Lipinski definition) is 5. The average molecular weight is 351 g/mol. The Hall–Kier alpha value is -3.03. The zero-order valence-electron chi connectivity index (χ0n) is 13.3. The fourth-order valence-electron chi connectivity index (χ4n) is 2.18. The van der Waals surface area contributed by atoms with Crippen molar-refractivity contribution in [3.05, 3.63) is 42.5 Å². The van der Waals surface area contributed by atoms with Gasteiger partial charge >= 0.3 is 6.29 Å². The van der Waals surface area contributed by atoms with Crippen molar-refractivity contribution in [2.45, 2.75) is 12.7 Å². The predicted octanol–water partition coefficient (Wildman–Crippen LogP) is 3.42. The van der Waals surface area contributed by atoms with Gasteiger partial charge in [0.15, 0.2) is 11.5 Å². The number of halogens is 2. The minimum absolute atomic E-state index is 0.0779. The molecule has 132 valence electrons. The summed E-state index contributed by atoms with van der Waals surface area (Å²) in [6.07, 6.45) is -3.59. The quantitative estimate of drug-likeness (QED) is 0.864. The molecule has 0 aromatic heterocycles. The maximum absolute atomic E-state index is 13.0. The maximum atomic E-state index is 13.0. The van der Waals surface area contributed by atoms with E-state index in [1.165, 1.54) is 18.2 Å². The molecule has 6 nitrogen and oxygen atoms in total. The summed E-state index contributed by atoms with van der Waals surface area (Å²) in [7, 11) is 1.57. The fourth-order valence-corrected chi connectivity index (χ4v) is 2.18. The lowest BCUT2D eigenvalue weighted by atomic mass is 10.2. The maximum Gasteiger partial charge on any atom is 0.586 e. The highest BCUT2D eigenvalue weighted by Gasteiger charge is 2.43. The Bertz CT molecular complexity index is 764. The van der Waals surface area contributed by atoms with Gasteiger partial charge in [0.25, 0.3) is 0 Å². The van der Waals surface area contributed by atoms with Gasteiger partial charge in [-0.25, -0.2) is 0 Å². The molecule has 1 heterocycles. The van der Waals surface area contributed by atoms with E-state index in [-0.39, 0.29) is 30.4 Å². The lowest BCUT2D eigenvalue weighted by molar-refractivity contribution is -0.286. The lowest BCUT2D eigenvalue weighted by Crippen LogP contribution is -2.25. The first kappa shape index (κ1) is 16.8. The second-order valence-corrected chi connectivity index (χ2v) is 5.15. The Morgan fingerprint density at radius 2 is 1.76 bits per heavy atom. The summed E-state index contributed by atoms with van der Waals surface area (Å²) in [6, 6.07) is 11.0. The van der Waals surface area contributed by atoms with E-state index in [9.17, 15) is 13.6 Å². The number of carbonyl (C=O) groups excluding carboxylic acids is 1. The van der Waals surface area contributed by atoms with E-state index in [2.05, 4.69) is 14.8 Å². The van der Waals surface area contributed by atoms with E-state index in [1.807, 2.05) is 0 Å². The SMILES string of the molecule is COc1ccc(OCCC(=O)Nc2ccc3c(c2)OC(F)(F)O3)cc1. The zero-order valence-corrected chi connectivity index (χ0v) is 13.3. The summed E-state index contributed by atoms with van der Waals surface area (Å²) in [6.45, 7) is 0.167. The topological polar surface area (TPSA) is 66.0 Å². The van der Waals surface area contributed by atoms with Crippen LogP contribution in [0.25, 0.3) is 0 Å². The van der Waals surface area contributed by atoms with Crippen molar-refractivity contribution in [2.75, 3.05) is 19.0 Å². The molecule has 2 aromatic rings. The van der Waals surface area contributed by atoms with E-state index < -0.39 is 6.29 Å². The van der Waals surface area contributed by atoms with E-state index in [4.69, 9.17) is 9.47 Å². The van der Waals surface area contributed by atoms with E-state index in [0.29, 0.717) is 17.2 Å². The molecule has 0 fully saturated rings. The van der Waals surface area contributed by atoms with Gasteiger partial charge in [-0.3, -0.25) is 4.79 Å². The van der Waals surface area contributed by atoms with Crippen molar-refractivity contribution in [1.29, 1.82) is 0 Å². The van der Waals surface area contributed by atoms with Gasteiger partial charge in [0, 0.05) is 11.8 Å². The molecule has 0 saturated heterocycles. The molecule has 0 radical (unpaired) electrons. The van der Waals surface area contributed by atoms with Crippen LogP contribution >= 0.6 is 0 Å². The summed E-state index contributed by atoms with van der Waals surface area (Å²) in [4.78, 5) is 11.9. The molecule has 0 unspecified atom stereocenters. The number of ether oxygens (including phenoxy) is 4. The van der Waals surface area contributed by atoms with Crippen LogP contribution in [-0.4, -0.2) is 25.9 Å². The highest BCUT2D eigenvalue weighted by molar-refractivity contribution is 5.91. The third-order valence-corrected chi connectivity index (χ3v) is 3.34. The van der Waals surface area contributed by atoms with E-state index in [0.717, 1.165) is 0 Å². The number of fused-ring (bicyclic) bond motifs is 1. The minimum atomic E-state index is -3.68. The molecule has 1 amide bonds. The molecule has 25 heavy (non-hydrogen) atoms. The molecular formula is C17H15F2NO5. The average Bonchev–Trinajstić information content (AvgIpc) is 2.88. The zero-order chi connectivity index (χ0) is 17.9. The van der Waals surface area contributed by atoms with Crippen LogP contribution in [0.2, 0.25) is 0 Å².